The first-order valence-electron chi connectivity index (χ1n) is 11.2. The number of alkyl halides is 3. The molecule has 0 radical (unpaired) electrons. The molecule has 2 N–H and O–H groups in total. The molecule has 0 aliphatic rings. The number of nitrogens with one attached hydrogen (secondary N) is 2. The normalized spacial score (nSPS) is 11.6. The van der Waals surface area contributed by atoms with Gasteiger partial charge in [0.05, 0.1) is 41.1 Å². The number of hydrogen-bond acceptors (Lipinski definition) is 6. The van der Waals surface area contributed by atoms with Crippen LogP contribution >= 0.6 is 79.7 Å². The average Bonchev–Trinajstić information content (AvgIpc) is 3.31. The van der Waals surface area contributed by atoms with Crippen molar-refractivity contribution >= 4 is 103 Å². The van der Waals surface area contributed by atoms with E-state index in [4.69, 9.17) is 27.9 Å². The lowest BCUT2D eigenvalue weighted by Gasteiger charge is -2.12. The van der Waals surface area contributed by atoms with Crippen LogP contribution in [0.3, 0.4) is 0 Å². The van der Waals surface area contributed by atoms with Gasteiger partial charge in [0, 0.05) is 11.1 Å². The molecular weight excluding hydrogens is 814 g/mol. The molecule has 0 aliphatic carbocycles. The van der Waals surface area contributed by atoms with Crippen molar-refractivity contribution in [1.82, 2.24) is 10.4 Å². The van der Waals surface area contributed by atoms with Gasteiger partial charge in [0.15, 0.2) is 5.13 Å². The highest BCUT2D eigenvalue weighted by atomic mass is 127. The van der Waals surface area contributed by atoms with Gasteiger partial charge < -0.3 is 10.1 Å². The van der Waals surface area contributed by atoms with Gasteiger partial charge in [0.1, 0.15) is 12.4 Å². The second-order valence-electron chi connectivity index (χ2n) is 8.17. The number of benzene rings is 3. The highest BCUT2D eigenvalue weighted by molar-refractivity contribution is 14.1. The van der Waals surface area contributed by atoms with Gasteiger partial charge in [-0.1, -0.05) is 35.3 Å². The molecule has 0 saturated carbocycles. The maximum Gasteiger partial charge on any atom is 0.416 e. The maximum atomic E-state index is 12.9. The monoisotopic (exact) mass is 830 g/mol. The zero-order valence-corrected chi connectivity index (χ0v) is 26.7. The van der Waals surface area contributed by atoms with Crippen LogP contribution in [-0.2, 0) is 24.0 Å². The Bertz CT molecular complexity index is 1540. The van der Waals surface area contributed by atoms with E-state index in [2.05, 4.69) is 66.0 Å². The van der Waals surface area contributed by atoms with Crippen LogP contribution in [0.2, 0.25) is 10.0 Å². The van der Waals surface area contributed by atoms with Crippen molar-refractivity contribution < 1.29 is 22.7 Å². The Hall–Kier alpha value is -2.14. The fourth-order valence-corrected chi connectivity index (χ4v) is 6.48. The molecule has 208 valence electrons. The number of halogens is 7. The average molecular weight is 831 g/mol. The lowest BCUT2D eigenvalue weighted by Crippen LogP contribution is -2.20. The molecule has 1 amide bonds. The van der Waals surface area contributed by atoms with Crippen molar-refractivity contribution in [2.24, 2.45) is 5.10 Å². The first-order valence-corrected chi connectivity index (χ1v) is 15.0. The molecule has 0 aliphatic heterocycles. The summed E-state index contributed by atoms with van der Waals surface area (Å²) < 4.78 is 46.5. The Labute approximate surface area is 268 Å². The molecule has 4 rings (SSSR count). The number of thiazole rings is 1. The van der Waals surface area contributed by atoms with E-state index in [1.807, 2.05) is 18.2 Å². The third-order valence-corrected chi connectivity index (χ3v) is 8.27. The first-order chi connectivity index (χ1) is 19.0. The minimum atomic E-state index is -4.44. The Balaban J connectivity index is 1.30. The Morgan fingerprint density at radius 1 is 1.07 bits per heavy atom. The van der Waals surface area contributed by atoms with E-state index in [1.165, 1.54) is 29.7 Å². The predicted octanol–water partition coefficient (Wildman–Crippen LogP) is 8.69. The third kappa shape index (κ3) is 8.68. The van der Waals surface area contributed by atoms with Gasteiger partial charge in [-0.05, 0) is 98.8 Å². The van der Waals surface area contributed by atoms with Crippen molar-refractivity contribution in [1.29, 1.82) is 0 Å². The molecule has 1 heterocycles. The predicted molar refractivity (Wildman–Crippen MR) is 169 cm³/mol. The van der Waals surface area contributed by atoms with Crippen LogP contribution in [0, 0.1) is 7.14 Å². The molecule has 40 heavy (non-hydrogen) atoms. The van der Waals surface area contributed by atoms with E-state index in [9.17, 15) is 18.0 Å². The molecule has 0 bridgehead atoms. The summed E-state index contributed by atoms with van der Waals surface area (Å²) in [6.07, 6.45) is -2.97. The fourth-order valence-electron chi connectivity index (χ4n) is 3.30. The highest BCUT2D eigenvalue weighted by Crippen LogP contribution is 2.32. The van der Waals surface area contributed by atoms with Crippen LogP contribution in [0.1, 0.15) is 22.4 Å². The second kappa shape index (κ2) is 13.7. The molecule has 0 unspecified atom stereocenters. The van der Waals surface area contributed by atoms with E-state index < -0.39 is 17.6 Å². The minimum Gasteiger partial charge on any atom is -0.487 e. The van der Waals surface area contributed by atoms with Crippen molar-refractivity contribution in [3.8, 4) is 5.75 Å². The Kier molecular flexibility index (Phi) is 10.5. The molecule has 4 aromatic rings. The van der Waals surface area contributed by atoms with E-state index in [0.717, 1.165) is 30.4 Å². The van der Waals surface area contributed by atoms with E-state index in [-0.39, 0.29) is 12.1 Å². The van der Waals surface area contributed by atoms with Crippen LogP contribution < -0.4 is 15.5 Å². The van der Waals surface area contributed by atoms with Crippen LogP contribution in [0.5, 0.6) is 5.75 Å². The second-order valence-corrected chi connectivity index (χ2v) is 12.2. The number of carbonyl (C=O) groups is 1. The lowest BCUT2D eigenvalue weighted by molar-refractivity contribution is -0.137. The Morgan fingerprint density at radius 3 is 2.52 bits per heavy atom. The summed E-state index contributed by atoms with van der Waals surface area (Å²) in [7, 11) is 0. The number of rotatable bonds is 9. The summed E-state index contributed by atoms with van der Waals surface area (Å²) in [5, 5.41) is 9.82. The van der Waals surface area contributed by atoms with Crippen LogP contribution in [-0.4, -0.2) is 17.1 Å². The maximum absolute atomic E-state index is 12.9. The van der Waals surface area contributed by atoms with Gasteiger partial charge in [0.2, 0.25) is 5.91 Å². The van der Waals surface area contributed by atoms with E-state index in [0.29, 0.717) is 33.2 Å². The first kappa shape index (κ1) is 30.8. The molecule has 0 atom stereocenters. The summed E-state index contributed by atoms with van der Waals surface area (Å²) in [6.45, 7) is 0.320. The Morgan fingerprint density at radius 2 is 1.82 bits per heavy atom. The third-order valence-electron chi connectivity index (χ3n) is 5.13. The van der Waals surface area contributed by atoms with E-state index in [1.54, 1.807) is 17.5 Å². The summed E-state index contributed by atoms with van der Waals surface area (Å²) in [4.78, 5) is 16.6. The molecule has 0 saturated heterocycles. The van der Waals surface area contributed by atoms with Crippen molar-refractivity contribution in [3.05, 3.63) is 99.5 Å². The quantitative estimate of drug-likeness (QED) is 0.101. The minimum absolute atomic E-state index is 0.0470. The van der Waals surface area contributed by atoms with Gasteiger partial charge in [-0.25, -0.2) is 10.4 Å². The number of carbonyl (C=O) groups excluding carboxylic acids is 1. The van der Waals surface area contributed by atoms with Crippen LogP contribution in [0.4, 0.5) is 24.0 Å². The zero-order valence-electron chi connectivity index (χ0n) is 20.0. The van der Waals surface area contributed by atoms with Gasteiger partial charge in [-0.15, -0.1) is 11.3 Å². The summed E-state index contributed by atoms with van der Waals surface area (Å²) >= 11 is 17.6. The number of hydrazone groups is 1. The van der Waals surface area contributed by atoms with Crippen LogP contribution in [0.15, 0.2) is 65.1 Å². The molecule has 1 aromatic heterocycles. The van der Waals surface area contributed by atoms with Gasteiger partial charge in [-0.2, -0.15) is 18.3 Å². The largest absolute Gasteiger partial charge is 0.487 e. The smallest absolute Gasteiger partial charge is 0.416 e. The van der Waals surface area contributed by atoms with Crippen molar-refractivity contribution in [2.45, 2.75) is 19.2 Å². The number of aromatic nitrogens is 1. The fraction of sp³-hybridized carbons (Fsp3) is 0.115. The van der Waals surface area contributed by atoms with Gasteiger partial charge in [0.25, 0.3) is 0 Å². The molecule has 0 fully saturated rings. The number of nitrogens with zero attached hydrogens (tertiary/aromatic N) is 2. The molecular formula is C26H17Cl2F3I2N4O2S. The van der Waals surface area contributed by atoms with Crippen LogP contribution in [0.25, 0.3) is 0 Å². The number of amides is 1. The topological polar surface area (TPSA) is 75.6 Å². The molecule has 14 heteroatoms. The summed E-state index contributed by atoms with van der Waals surface area (Å²) in [5.74, 6) is 0.324. The molecule has 0 spiro atoms. The van der Waals surface area contributed by atoms with Gasteiger partial charge in [-0.3, -0.25) is 4.79 Å². The summed E-state index contributed by atoms with van der Waals surface area (Å²) in [5.41, 5.74) is 4.05. The SMILES string of the molecule is O=C(Cc1csc(Nc2cccc(C(F)(F)F)c2)n1)N/N=C\c1cc(I)c(OCc2ccc(Cl)c(Cl)c2)c(I)c1. The molecule has 3 aromatic carbocycles. The molecule has 6 nitrogen and oxygen atoms in total. The standard InChI is InChI=1S/C26H17Cl2F3I2N4O2S/c27-19-5-4-14(6-20(19)28)12-39-24-21(32)7-15(8-22(24)33)11-34-37-23(38)10-18-13-40-25(36-18)35-17-3-1-2-16(9-17)26(29,30)31/h1-9,11,13H,10,12H2,(H,35,36)(H,37,38)/b34-11-. The number of anilines is 2. The van der Waals surface area contributed by atoms with Gasteiger partial charge >= 0.3 is 6.18 Å². The highest BCUT2D eigenvalue weighted by Gasteiger charge is 2.30. The summed E-state index contributed by atoms with van der Waals surface area (Å²) in [6, 6.07) is 13.9. The van der Waals surface area contributed by atoms with E-state index >= 15 is 0 Å². The number of ether oxygens (including phenoxy) is 1. The number of hydrogen-bond donors (Lipinski definition) is 2. The van der Waals surface area contributed by atoms with Crippen molar-refractivity contribution in [3.63, 3.8) is 0 Å². The van der Waals surface area contributed by atoms with Crippen molar-refractivity contribution in [2.75, 3.05) is 5.32 Å². The lowest BCUT2D eigenvalue weighted by atomic mass is 10.2. The zero-order chi connectivity index (χ0) is 28.9.